The summed E-state index contributed by atoms with van der Waals surface area (Å²) in [5.41, 5.74) is 0. The topological polar surface area (TPSA) is 0 Å². The van der Waals surface area contributed by atoms with Crippen LogP contribution in [0.15, 0.2) is 0 Å². The summed E-state index contributed by atoms with van der Waals surface area (Å²) in [4.78, 5) is 0. The van der Waals surface area contributed by atoms with Crippen LogP contribution in [0.3, 0.4) is 0 Å². The van der Waals surface area contributed by atoms with Crippen molar-refractivity contribution < 1.29 is 0 Å². The Labute approximate surface area is 181 Å². The second kappa shape index (κ2) is 25.0. The molecule has 0 saturated heterocycles. The van der Waals surface area contributed by atoms with Crippen molar-refractivity contribution in [2.75, 3.05) is 0 Å². The maximum atomic E-state index is 4.11. The van der Waals surface area contributed by atoms with E-state index in [2.05, 4.69) is 20.8 Å². The Balaban J connectivity index is 3.34. The highest BCUT2D eigenvalue weighted by atomic mass is 14.1. The van der Waals surface area contributed by atoms with E-state index >= 15 is 0 Å². The molecule has 0 nitrogen and oxygen atoms in total. The van der Waals surface area contributed by atoms with Gasteiger partial charge in [0, 0.05) is 0 Å². The number of unbranched alkanes of at least 4 members (excludes halogenated alkanes) is 18. The highest BCUT2D eigenvalue weighted by Gasteiger charge is 2.07. The summed E-state index contributed by atoms with van der Waals surface area (Å²) < 4.78 is 0. The third-order valence-electron chi connectivity index (χ3n) is 6.54. The molecule has 0 rings (SSSR count). The van der Waals surface area contributed by atoms with Crippen molar-refractivity contribution in [2.24, 2.45) is 5.92 Å². The minimum absolute atomic E-state index is 0.973. The first kappa shape index (κ1) is 28.0. The van der Waals surface area contributed by atoms with Crippen LogP contribution in [-0.4, -0.2) is 0 Å². The van der Waals surface area contributed by atoms with E-state index < -0.39 is 0 Å². The molecule has 0 fully saturated rings. The first-order chi connectivity index (χ1) is 13.8. The number of hydrogen-bond acceptors (Lipinski definition) is 0. The molecule has 0 aliphatic heterocycles. The lowest BCUT2D eigenvalue weighted by Crippen LogP contribution is -2.00. The normalized spacial score (nSPS) is 12.5. The molecule has 1 radical (unpaired) electrons. The van der Waals surface area contributed by atoms with Gasteiger partial charge in [0.1, 0.15) is 0 Å². The van der Waals surface area contributed by atoms with Gasteiger partial charge in [0.15, 0.2) is 0 Å². The molecule has 0 aromatic carbocycles. The summed E-state index contributed by atoms with van der Waals surface area (Å²) >= 11 is 0. The molecule has 0 bridgehead atoms. The van der Waals surface area contributed by atoms with Gasteiger partial charge in [0.05, 0.1) is 0 Å². The Hall–Kier alpha value is 0. The van der Waals surface area contributed by atoms with E-state index in [4.69, 9.17) is 0 Å². The Kier molecular flexibility index (Phi) is 25.0. The smallest absolute Gasteiger partial charge is 0.0414 e. The lowest BCUT2D eigenvalue weighted by Gasteiger charge is -2.16. The van der Waals surface area contributed by atoms with Crippen LogP contribution in [-0.2, 0) is 0 Å². The van der Waals surface area contributed by atoms with Crippen molar-refractivity contribution in [2.45, 2.75) is 168 Å². The molecule has 0 saturated carbocycles. The van der Waals surface area contributed by atoms with Crippen LogP contribution in [0.1, 0.15) is 168 Å². The molecule has 0 aliphatic carbocycles. The van der Waals surface area contributed by atoms with E-state index in [0.29, 0.717) is 0 Å². The second-order valence-corrected chi connectivity index (χ2v) is 9.45. The van der Waals surface area contributed by atoms with E-state index in [9.17, 15) is 0 Å². The van der Waals surface area contributed by atoms with Crippen LogP contribution < -0.4 is 0 Å². The van der Waals surface area contributed by atoms with Crippen LogP contribution in [0, 0.1) is 12.8 Å². The number of rotatable bonds is 24. The summed E-state index contributed by atoms with van der Waals surface area (Å²) in [5, 5.41) is 0. The predicted octanol–water partition coefficient (Wildman–Crippen LogP) is 10.8. The summed E-state index contributed by atoms with van der Waals surface area (Å²) in [6.07, 6.45) is 34.6. The van der Waals surface area contributed by atoms with E-state index in [1.165, 1.54) is 148 Å². The van der Waals surface area contributed by atoms with Crippen LogP contribution in [0.4, 0.5) is 0 Å². The molecule has 0 aromatic rings. The molecule has 0 N–H and O–H groups in total. The summed E-state index contributed by atoms with van der Waals surface area (Å²) in [6.45, 7) is 8.72. The maximum absolute atomic E-state index is 4.11. The fourth-order valence-electron chi connectivity index (χ4n) is 4.56. The Morgan fingerprint density at radius 2 is 0.679 bits per heavy atom. The molecule has 0 heteroatoms. The van der Waals surface area contributed by atoms with Gasteiger partial charge in [0.2, 0.25) is 0 Å². The average molecular weight is 394 g/mol. The lowest BCUT2D eigenvalue weighted by atomic mass is 9.90. The fourth-order valence-corrected chi connectivity index (χ4v) is 4.56. The van der Waals surface area contributed by atoms with Gasteiger partial charge in [-0.05, 0) is 5.92 Å². The van der Waals surface area contributed by atoms with Crippen molar-refractivity contribution in [1.82, 2.24) is 0 Å². The third kappa shape index (κ3) is 22.3. The van der Waals surface area contributed by atoms with E-state index in [1.54, 1.807) is 0 Å². The predicted molar refractivity (Wildman–Crippen MR) is 131 cm³/mol. The van der Waals surface area contributed by atoms with Crippen molar-refractivity contribution in [1.29, 1.82) is 0 Å². The Bertz CT molecular complexity index is 257. The van der Waals surface area contributed by atoms with Gasteiger partial charge >= 0.3 is 0 Å². The summed E-state index contributed by atoms with van der Waals surface area (Å²) in [5.74, 6) is 0.973. The molecule has 0 aromatic heterocycles. The first-order valence-corrected chi connectivity index (χ1v) is 13.6. The fraction of sp³-hybridized carbons (Fsp3) is 0.964. The third-order valence-corrected chi connectivity index (χ3v) is 6.54. The van der Waals surface area contributed by atoms with Crippen molar-refractivity contribution >= 4 is 0 Å². The van der Waals surface area contributed by atoms with E-state index in [0.717, 1.165) is 12.3 Å². The minimum atomic E-state index is 0.973. The van der Waals surface area contributed by atoms with Crippen molar-refractivity contribution in [3.63, 3.8) is 0 Å². The highest BCUT2D eigenvalue weighted by molar-refractivity contribution is 4.62. The zero-order valence-corrected chi connectivity index (χ0v) is 20.3. The first-order valence-electron chi connectivity index (χ1n) is 13.6. The molecule has 1 atom stereocenters. The van der Waals surface area contributed by atoms with Gasteiger partial charge in [-0.2, -0.15) is 0 Å². The van der Waals surface area contributed by atoms with Gasteiger partial charge in [-0.3, -0.25) is 0 Å². The van der Waals surface area contributed by atoms with Gasteiger partial charge in [-0.25, -0.2) is 0 Å². The van der Waals surface area contributed by atoms with E-state index in [1.807, 2.05) is 0 Å². The molecular weight excluding hydrogens is 336 g/mol. The van der Waals surface area contributed by atoms with Crippen LogP contribution in [0.5, 0.6) is 0 Å². The number of hydrogen-bond donors (Lipinski definition) is 0. The van der Waals surface area contributed by atoms with Crippen molar-refractivity contribution in [3.8, 4) is 0 Å². The largest absolute Gasteiger partial charge is 0.0654 e. The minimum Gasteiger partial charge on any atom is -0.0654 e. The van der Waals surface area contributed by atoms with Crippen LogP contribution in [0.2, 0.25) is 0 Å². The molecule has 0 spiro atoms. The molecule has 1 unspecified atom stereocenters. The standard InChI is InChI=1S/C28H57/c1-4-7-9-11-13-14-15-16-17-18-19-20-22-24-27-28(25-6-3)26-23-21-12-10-8-5-2/h28H,3-27H2,1-2H3. The zero-order valence-electron chi connectivity index (χ0n) is 20.3. The molecule has 0 amide bonds. The van der Waals surface area contributed by atoms with E-state index in [-0.39, 0.29) is 0 Å². The molecule has 28 heavy (non-hydrogen) atoms. The molecular formula is C28H57. The maximum Gasteiger partial charge on any atom is -0.0414 e. The van der Waals surface area contributed by atoms with Gasteiger partial charge in [0.25, 0.3) is 0 Å². The quantitative estimate of drug-likeness (QED) is 0.143. The Morgan fingerprint density at radius 1 is 0.393 bits per heavy atom. The highest BCUT2D eigenvalue weighted by Crippen LogP contribution is 2.23. The molecule has 169 valence electrons. The van der Waals surface area contributed by atoms with Gasteiger partial charge in [-0.15, -0.1) is 0 Å². The Morgan fingerprint density at radius 3 is 0.964 bits per heavy atom. The molecule has 0 heterocycles. The lowest BCUT2D eigenvalue weighted by molar-refractivity contribution is 0.382. The van der Waals surface area contributed by atoms with Crippen LogP contribution in [0.25, 0.3) is 0 Å². The van der Waals surface area contributed by atoms with Crippen molar-refractivity contribution in [3.05, 3.63) is 6.92 Å². The SMILES string of the molecule is [CH2]CCC(CCCCCCCC)CCCCCCCCCCCCCCCC. The van der Waals surface area contributed by atoms with Crippen LogP contribution >= 0.6 is 0 Å². The molecule has 0 aliphatic rings. The summed E-state index contributed by atoms with van der Waals surface area (Å²) in [7, 11) is 0. The monoisotopic (exact) mass is 393 g/mol. The van der Waals surface area contributed by atoms with Gasteiger partial charge in [-0.1, -0.05) is 175 Å². The van der Waals surface area contributed by atoms with Gasteiger partial charge < -0.3 is 0 Å². The average Bonchev–Trinajstić information content (AvgIpc) is 2.70. The summed E-state index contributed by atoms with van der Waals surface area (Å²) in [6, 6.07) is 0. The second-order valence-electron chi connectivity index (χ2n) is 9.45. The zero-order chi connectivity index (χ0) is 20.5.